The van der Waals surface area contributed by atoms with Crippen LogP contribution in [-0.4, -0.2) is 19.8 Å². The summed E-state index contributed by atoms with van der Waals surface area (Å²) in [5.74, 6) is 1.30. The second-order valence-corrected chi connectivity index (χ2v) is 9.06. The van der Waals surface area contributed by atoms with Crippen molar-refractivity contribution in [3.05, 3.63) is 52.9 Å². The molecule has 0 aliphatic heterocycles. The highest BCUT2D eigenvalue weighted by atomic mass is 16.5. The lowest BCUT2D eigenvalue weighted by molar-refractivity contribution is 0.257. The zero-order valence-corrected chi connectivity index (χ0v) is 22.7. The van der Waals surface area contributed by atoms with Gasteiger partial charge in [-0.15, -0.1) is 0 Å². The van der Waals surface area contributed by atoms with Gasteiger partial charge >= 0.3 is 5.63 Å². The van der Waals surface area contributed by atoms with Gasteiger partial charge in [-0.3, -0.25) is 0 Å². The molecule has 0 atom stereocenters. The van der Waals surface area contributed by atoms with Gasteiger partial charge in [-0.1, -0.05) is 90.0 Å². The minimum absolute atomic E-state index is 0.158. The van der Waals surface area contributed by atoms with Crippen LogP contribution in [0.15, 0.2) is 51.7 Å². The molecular weight excluding hydrogens is 452 g/mol. The summed E-state index contributed by atoms with van der Waals surface area (Å²) in [6.07, 6.45) is 21.7. The molecular formula is C31H46O5. The highest BCUT2D eigenvalue weighted by molar-refractivity contribution is 5.86. The van der Waals surface area contributed by atoms with Crippen LogP contribution < -0.4 is 19.8 Å². The highest BCUT2D eigenvalue weighted by Gasteiger charge is 2.18. The fraction of sp³-hybridized carbons (Fsp3) is 0.581. The quantitative estimate of drug-likeness (QED) is 0.104. The normalized spacial score (nSPS) is 11.6. The fourth-order valence-corrected chi connectivity index (χ4v) is 3.95. The van der Waals surface area contributed by atoms with Gasteiger partial charge in [0, 0.05) is 6.07 Å². The summed E-state index contributed by atoms with van der Waals surface area (Å²) in [5, 5.41) is 0.728. The molecule has 0 unspecified atom stereocenters. The van der Waals surface area contributed by atoms with E-state index in [0.717, 1.165) is 43.9 Å². The van der Waals surface area contributed by atoms with E-state index in [-0.39, 0.29) is 5.75 Å². The Kier molecular flexibility index (Phi) is 15.2. The van der Waals surface area contributed by atoms with Gasteiger partial charge in [0.2, 0.25) is 5.75 Å². The molecule has 0 bridgehead atoms. The molecule has 0 N–H and O–H groups in total. The van der Waals surface area contributed by atoms with Crippen LogP contribution in [0.2, 0.25) is 0 Å². The van der Waals surface area contributed by atoms with E-state index in [1.165, 1.54) is 38.5 Å². The topological polar surface area (TPSA) is 57.9 Å². The number of hydrogen-bond donors (Lipinski definition) is 0. The van der Waals surface area contributed by atoms with Crippen molar-refractivity contribution < 1.29 is 18.6 Å². The summed E-state index contributed by atoms with van der Waals surface area (Å²) in [6.45, 7) is 7.95. The molecule has 2 aromatic rings. The summed E-state index contributed by atoms with van der Waals surface area (Å²) in [6, 6.07) is 5.54. The Hall–Kier alpha value is -2.69. The molecule has 1 aromatic heterocycles. The molecule has 5 nitrogen and oxygen atoms in total. The van der Waals surface area contributed by atoms with Gasteiger partial charge in [0.1, 0.15) is 11.3 Å². The Balaban J connectivity index is 2.08. The smallest absolute Gasteiger partial charge is 0.383 e. The van der Waals surface area contributed by atoms with E-state index in [1.807, 2.05) is 12.1 Å². The maximum Gasteiger partial charge on any atom is 0.383 e. The van der Waals surface area contributed by atoms with E-state index < -0.39 is 5.63 Å². The van der Waals surface area contributed by atoms with E-state index in [2.05, 4.69) is 45.1 Å². The van der Waals surface area contributed by atoms with Crippen LogP contribution in [0.25, 0.3) is 11.0 Å². The first-order chi connectivity index (χ1) is 17.7. The minimum Gasteiger partial charge on any atom is -0.493 e. The third-order valence-electron chi connectivity index (χ3n) is 5.93. The van der Waals surface area contributed by atoms with Crippen LogP contribution in [0.3, 0.4) is 0 Å². The largest absolute Gasteiger partial charge is 0.493 e. The number of hydrogen-bond acceptors (Lipinski definition) is 5. The predicted molar refractivity (Wildman–Crippen MR) is 150 cm³/mol. The molecule has 0 amide bonds. The molecule has 1 heterocycles. The van der Waals surface area contributed by atoms with Crippen LogP contribution in [-0.2, 0) is 0 Å². The van der Waals surface area contributed by atoms with Gasteiger partial charge in [0.05, 0.1) is 25.2 Å². The monoisotopic (exact) mass is 498 g/mol. The van der Waals surface area contributed by atoms with Crippen molar-refractivity contribution in [1.29, 1.82) is 0 Å². The van der Waals surface area contributed by atoms with Crippen molar-refractivity contribution in [2.24, 2.45) is 0 Å². The molecule has 0 radical (unpaired) electrons. The predicted octanol–water partition coefficient (Wildman–Crippen LogP) is 8.78. The molecule has 5 heteroatoms. The van der Waals surface area contributed by atoms with Crippen LogP contribution in [0, 0.1) is 0 Å². The molecule has 0 spiro atoms. The molecule has 0 fully saturated rings. The lowest BCUT2D eigenvalue weighted by Gasteiger charge is -2.14. The number of unbranched alkanes of at least 4 members (excludes halogenated alkanes) is 7. The van der Waals surface area contributed by atoms with Crippen LogP contribution in [0.5, 0.6) is 17.2 Å². The van der Waals surface area contributed by atoms with Gasteiger partial charge in [-0.25, -0.2) is 4.79 Å². The van der Waals surface area contributed by atoms with Crippen LogP contribution in [0.1, 0.15) is 97.8 Å². The Morgan fingerprint density at radius 3 is 1.97 bits per heavy atom. The molecule has 2 rings (SSSR count). The maximum absolute atomic E-state index is 12.8. The Bertz CT molecular complexity index is 973. The van der Waals surface area contributed by atoms with E-state index in [1.54, 1.807) is 6.07 Å². The van der Waals surface area contributed by atoms with E-state index >= 15 is 0 Å². The number of ether oxygens (including phenoxy) is 3. The number of rotatable bonds is 20. The highest BCUT2D eigenvalue weighted by Crippen LogP contribution is 2.35. The number of benzene rings is 1. The zero-order chi connectivity index (χ0) is 25.8. The van der Waals surface area contributed by atoms with Crippen molar-refractivity contribution in [3.63, 3.8) is 0 Å². The van der Waals surface area contributed by atoms with Crippen molar-refractivity contribution in [1.82, 2.24) is 0 Å². The lowest BCUT2D eigenvalue weighted by Crippen LogP contribution is -2.11. The Morgan fingerprint density at radius 2 is 1.31 bits per heavy atom. The van der Waals surface area contributed by atoms with E-state index in [0.29, 0.717) is 36.9 Å². The Labute approximate surface area is 217 Å². The summed E-state index contributed by atoms with van der Waals surface area (Å²) < 4.78 is 23.5. The second-order valence-electron chi connectivity index (χ2n) is 9.06. The summed E-state index contributed by atoms with van der Waals surface area (Å²) in [4.78, 5) is 12.8. The second kappa shape index (κ2) is 18.6. The first kappa shape index (κ1) is 29.5. The Morgan fingerprint density at radius 1 is 0.694 bits per heavy atom. The first-order valence-corrected chi connectivity index (χ1v) is 14.0. The number of allylic oxidation sites excluding steroid dienone is 2. The van der Waals surface area contributed by atoms with Crippen molar-refractivity contribution in [2.75, 3.05) is 19.8 Å². The first-order valence-electron chi connectivity index (χ1n) is 14.0. The van der Waals surface area contributed by atoms with Crippen LogP contribution >= 0.6 is 0 Å². The van der Waals surface area contributed by atoms with Crippen molar-refractivity contribution in [3.8, 4) is 17.2 Å². The standard InChI is InChI=1S/C31H46O5/c1-4-7-10-13-14-15-16-19-23-34-29-27-21-20-26(33-22-17-11-8-5-2)25-28(27)36-31(32)30(29)35-24-18-12-9-6-3/h8-9,11-12,20-21,25H,4-7,10,13-19,22-24H2,1-3H3. The van der Waals surface area contributed by atoms with Crippen molar-refractivity contribution in [2.45, 2.75) is 97.8 Å². The van der Waals surface area contributed by atoms with Crippen molar-refractivity contribution >= 4 is 11.0 Å². The third kappa shape index (κ3) is 10.9. The van der Waals surface area contributed by atoms with Gasteiger partial charge in [-0.05, 0) is 44.2 Å². The minimum atomic E-state index is -0.518. The summed E-state index contributed by atoms with van der Waals surface area (Å²) in [7, 11) is 0. The average Bonchev–Trinajstić information content (AvgIpc) is 2.88. The third-order valence-corrected chi connectivity index (χ3v) is 5.93. The van der Waals surface area contributed by atoms with Gasteiger partial charge in [0.15, 0.2) is 5.75 Å². The van der Waals surface area contributed by atoms with Gasteiger partial charge < -0.3 is 18.6 Å². The molecule has 0 aliphatic carbocycles. The van der Waals surface area contributed by atoms with E-state index in [4.69, 9.17) is 18.6 Å². The molecule has 36 heavy (non-hydrogen) atoms. The average molecular weight is 499 g/mol. The molecule has 0 aliphatic rings. The van der Waals surface area contributed by atoms with Gasteiger partial charge in [-0.2, -0.15) is 0 Å². The lowest BCUT2D eigenvalue weighted by atomic mass is 10.1. The zero-order valence-electron chi connectivity index (χ0n) is 22.7. The molecule has 0 saturated heterocycles. The molecule has 0 saturated carbocycles. The summed E-state index contributed by atoms with van der Waals surface area (Å²) in [5.41, 5.74) is -0.0679. The van der Waals surface area contributed by atoms with Crippen LogP contribution in [0.4, 0.5) is 0 Å². The SMILES string of the molecule is CCC=CCCOc1ccc2c(OCCCCCCCCCC)c(OCCC=CCC)c(=O)oc2c1. The molecule has 200 valence electrons. The van der Waals surface area contributed by atoms with Gasteiger partial charge in [0.25, 0.3) is 0 Å². The fourth-order valence-electron chi connectivity index (χ4n) is 3.95. The summed E-state index contributed by atoms with van der Waals surface area (Å²) >= 11 is 0. The molecule has 1 aromatic carbocycles. The number of fused-ring (bicyclic) bond motifs is 1. The van der Waals surface area contributed by atoms with E-state index in [9.17, 15) is 4.79 Å². The maximum atomic E-state index is 12.8.